The molecule has 5 heteroatoms. The zero-order chi connectivity index (χ0) is 14.5. The molecule has 2 aromatic heterocycles. The molecule has 0 atom stereocenters. The van der Waals surface area contributed by atoms with Crippen molar-refractivity contribution in [3.8, 4) is 0 Å². The third-order valence-electron chi connectivity index (χ3n) is 2.73. The molecule has 0 bridgehead atoms. The minimum Gasteiger partial charge on any atom is -0.370 e. The topological polar surface area (TPSA) is 66.9 Å². The number of nitrogens with zero attached hydrogens (tertiary/aromatic N) is 2. The molecule has 0 fully saturated rings. The first kappa shape index (κ1) is 14.0. The van der Waals surface area contributed by atoms with Crippen LogP contribution in [0.2, 0.25) is 0 Å². The van der Waals surface area contributed by atoms with Gasteiger partial charge in [0.25, 0.3) is 5.91 Å². The van der Waals surface area contributed by atoms with Gasteiger partial charge >= 0.3 is 0 Å². The molecule has 2 aromatic rings. The van der Waals surface area contributed by atoms with Gasteiger partial charge < -0.3 is 10.6 Å². The van der Waals surface area contributed by atoms with E-state index in [9.17, 15) is 4.79 Å². The molecule has 0 aliphatic carbocycles. The summed E-state index contributed by atoms with van der Waals surface area (Å²) in [5, 5.41) is 5.88. The maximum absolute atomic E-state index is 12.2. The molecular weight excluding hydrogens is 252 g/mol. The summed E-state index contributed by atoms with van der Waals surface area (Å²) in [5.41, 5.74) is 2.42. The fourth-order valence-corrected chi connectivity index (χ4v) is 1.80. The highest BCUT2D eigenvalue weighted by Gasteiger charge is 2.09. The number of pyridine rings is 2. The fraction of sp³-hybridized carbons (Fsp3) is 0.267. The molecule has 2 N–H and O–H groups in total. The lowest BCUT2D eigenvalue weighted by Crippen LogP contribution is -2.14. The number of aromatic nitrogens is 2. The molecule has 104 valence electrons. The number of carbonyl (C=O) groups is 1. The third-order valence-corrected chi connectivity index (χ3v) is 2.73. The van der Waals surface area contributed by atoms with Gasteiger partial charge in [-0.05, 0) is 44.5 Å². The van der Waals surface area contributed by atoms with Gasteiger partial charge in [0.15, 0.2) is 0 Å². The SMILES string of the molecule is CCNc1cc(C(=O)Nc2ccc(C)cn2)cc(C)n1. The summed E-state index contributed by atoms with van der Waals surface area (Å²) in [5.74, 6) is 1.06. The first-order chi connectivity index (χ1) is 9.58. The number of hydrogen-bond acceptors (Lipinski definition) is 4. The van der Waals surface area contributed by atoms with Gasteiger partial charge in [0.2, 0.25) is 0 Å². The van der Waals surface area contributed by atoms with Crippen LogP contribution in [0.1, 0.15) is 28.5 Å². The van der Waals surface area contributed by atoms with Crippen LogP contribution in [-0.4, -0.2) is 22.4 Å². The predicted octanol–water partition coefficient (Wildman–Crippen LogP) is 2.78. The number of carbonyl (C=O) groups excluding carboxylic acids is 1. The van der Waals surface area contributed by atoms with E-state index in [1.807, 2.05) is 26.8 Å². The number of aryl methyl sites for hydroxylation is 2. The summed E-state index contributed by atoms with van der Waals surface area (Å²) >= 11 is 0. The molecule has 0 aliphatic rings. The summed E-state index contributed by atoms with van der Waals surface area (Å²) in [7, 11) is 0. The lowest BCUT2D eigenvalue weighted by Gasteiger charge is -2.08. The Bertz CT molecular complexity index is 608. The summed E-state index contributed by atoms with van der Waals surface area (Å²) in [4.78, 5) is 20.7. The number of nitrogens with one attached hydrogen (secondary N) is 2. The van der Waals surface area contributed by atoms with E-state index >= 15 is 0 Å². The van der Waals surface area contributed by atoms with E-state index in [0.29, 0.717) is 17.2 Å². The molecule has 2 heterocycles. The van der Waals surface area contributed by atoms with Gasteiger partial charge in [-0.1, -0.05) is 6.07 Å². The van der Waals surface area contributed by atoms with Gasteiger partial charge in [-0.3, -0.25) is 4.79 Å². The molecular formula is C15H18N4O. The lowest BCUT2D eigenvalue weighted by atomic mass is 10.2. The zero-order valence-corrected chi connectivity index (χ0v) is 11.9. The van der Waals surface area contributed by atoms with Crippen LogP contribution in [0.3, 0.4) is 0 Å². The molecule has 0 aromatic carbocycles. The monoisotopic (exact) mass is 270 g/mol. The molecule has 1 amide bonds. The second kappa shape index (κ2) is 6.14. The average Bonchev–Trinajstić information content (AvgIpc) is 2.41. The van der Waals surface area contributed by atoms with Crippen molar-refractivity contribution < 1.29 is 4.79 Å². The van der Waals surface area contributed by atoms with Crippen molar-refractivity contribution in [2.24, 2.45) is 0 Å². The van der Waals surface area contributed by atoms with E-state index in [1.54, 1.807) is 24.4 Å². The van der Waals surface area contributed by atoms with Crippen LogP contribution < -0.4 is 10.6 Å². The van der Waals surface area contributed by atoms with Crippen molar-refractivity contribution in [3.63, 3.8) is 0 Å². The van der Waals surface area contributed by atoms with E-state index in [-0.39, 0.29) is 5.91 Å². The number of hydrogen-bond donors (Lipinski definition) is 2. The first-order valence-corrected chi connectivity index (χ1v) is 6.55. The molecule has 5 nitrogen and oxygen atoms in total. The Morgan fingerprint density at radius 2 is 2.00 bits per heavy atom. The standard InChI is InChI=1S/C15H18N4O/c1-4-16-14-8-12(7-11(3)18-14)15(20)19-13-6-5-10(2)9-17-13/h5-9H,4H2,1-3H3,(H,16,18)(H,17,19,20). The van der Waals surface area contributed by atoms with Crippen LogP contribution in [0, 0.1) is 13.8 Å². The van der Waals surface area contributed by atoms with Crippen molar-refractivity contribution in [3.05, 3.63) is 47.3 Å². The van der Waals surface area contributed by atoms with Crippen LogP contribution in [0.25, 0.3) is 0 Å². The van der Waals surface area contributed by atoms with Gasteiger partial charge in [-0.25, -0.2) is 9.97 Å². The van der Waals surface area contributed by atoms with Gasteiger partial charge in [0.1, 0.15) is 11.6 Å². The highest BCUT2D eigenvalue weighted by atomic mass is 16.1. The van der Waals surface area contributed by atoms with Crippen molar-refractivity contribution >= 4 is 17.5 Å². The summed E-state index contributed by atoms with van der Waals surface area (Å²) in [6.45, 7) is 6.56. The van der Waals surface area contributed by atoms with Crippen molar-refractivity contribution in [1.29, 1.82) is 0 Å². The second-order valence-electron chi connectivity index (χ2n) is 4.59. The van der Waals surface area contributed by atoms with Crippen LogP contribution in [0.15, 0.2) is 30.5 Å². The van der Waals surface area contributed by atoms with Crippen LogP contribution >= 0.6 is 0 Å². The molecule has 20 heavy (non-hydrogen) atoms. The Morgan fingerprint density at radius 3 is 2.65 bits per heavy atom. The van der Waals surface area contributed by atoms with Crippen LogP contribution in [-0.2, 0) is 0 Å². The molecule has 0 saturated heterocycles. The fourth-order valence-electron chi connectivity index (χ4n) is 1.80. The summed E-state index contributed by atoms with van der Waals surface area (Å²) < 4.78 is 0. The smallest absolute Gasteiger partial charge is 0.257 e. The Labute approximate surface area is 118 Å². The highest BCUT2D eigenvalue weighted by molar-refractivity contribution is 6.04. The molecule has 0 radical (unpaired) electrons. The van der Waals surface area contributed by atoms with Crippen LogP contribution in [0.4, 0.5) is 11.6 Å². The molecule has 2 rings (SSSR count). The molecule has 0 spiro atoms. The van der Waals surface area contributed by atoms with Crippen molar-refractivity contribution in [2.45, 2.75) is 20.8 Å². The zero-order valence-electron chi connectivity index (χ0n) is 11.9. The summed E-state index contributed by atoms with van der Waals surface area (Å²) in [6, 6.07) is 7.18. The number of rotatable bonds is 4. The van der Waals surface area contributed by atoms with Gasteiger partial charge in [-0.2, -0.15) is 0 Å². The maximum Gasteiger partial charge on any atom is 0.257 e. The largest absolute Gasteiger partial charge is 0.370 e. The Morgan fingerprint density at radius 1 is 1.20 bits per heavy atom. The van der Waals surface area contributed by atoms with E-state index < -0.39 is 0 Å². The second-order valence-corrected chi connectivity index (χ2v) is 4.59. The highest BCUT2D eigenvalue weighted by Crippen LogP contribution is 2.12. The number of amides is 1. The Balaban J connectivity index is 2.18. The normalized spacial score (nSPS) is 10.2. The average molecular weight is 270 g/mol. The van der Waals surface area contributed by atoms with E-state index in [1.165, 1.54) is 0 Å². The molecule has 0 unspecified atom stereocenters. The Hall–Kier alpha value is -2.43. The quantitative estimate of drug-likeness (QED) is 0.896. The molecule has 0 aliphatic heterocycles. The van der Waals surface area contributed by atoms with Gasteiger partial charge in [0.05, 0.1) is 0 Å². The van der Waals surface area contributed by atoms with E-state index in [2.05, 4.69) is 20.6 Å². The number of anilines is 2. The van der Waals surface area contributed by atoms with Crippen molar-refractivity contribution in [1.82, 2.24) is 9.97 Å². The van der Waals surface area contributed by atoms with Gasteiger partial charge in [-0.15, -0.1) is 0 Å². The van der Waals surface area contributed by atoms with Gasteiger partial charge in [0, 0.05) is 24.0 Å². The summed E-state index contributed by atoms with van der Waals surface area (Å²) in [6.07, 6.45) is 1.72. The predicted molar refractivity (Wildman–Crippen MR) is 80.1 cm³/mol. The lowest BCUT2D eigenvalue weighted by molar-refractivity contribution is 0.102. The van der Waals surface area contributed by atoms with E-state index in [4.69, 9.17) is 0 Å². The van der Waals surface area contributed by atoms with Crippen LogP contribution in [0.5, 0.6) is 0 Å². The van der Waals surface area contributed by atoms with E-state index in [0.717, 1.165) is 17.8 Å². The first-order valence-electron chi connectivity index (χ1n) is 6.55. The van der Waals surface area contributed by atoms with Crippen molar-refractivity contribution in [2.75, 3.05) is 17.2 Å². The third kappa shape index (κ3) is 3.54. The maximum atomic E-state index is 12.2. The minimum atomic E-state index is -0.189. The minimum absolute atomic E-state index is 0.189. The molecule has 0 saturated carbocycles. The Kier molecular flexibility index (Phi) is 4.30.